The fourth-order valence-electron chi connectivity index (χ4n) is 4.82. The van der Waals surface area contributed by atoms with Gasteiger partial charge >= 0.3 is 0 Å². The molecule has 1 nitrogen and oxygen atoms in total. The second-order valence-electron chi connectivity index (χ2n) is 9.25. The van der Waals surface area contributed by atoms with Crippen molar-refractivity contribution < 1.29 is 0 Å². The lowest BCUT2D eigenvalue weighted by Crippen LogP contribution is -2.14. The molecule has 0 unspecified atom stereocenters. The average Bonchev–Trinajstić information content (AvgIpc) is 2.79. The molecule has 1 heterocycles. The molecule has 0 N–H and O–H groups in total. The van der Waals surface area contributed by atoms with Crippen molar-refractivity contribution in [3.05, 3.63) is 53.7 Å². The Morgan fingerprint density at radius 3 is 2.07 bits per heavy atom. The number of aromatic nitrogens is 1. The predicted molar refractivity (Wildman–Crippen MR) is 126 cm³/mol. The van der Waals surface area contributed by atoms with Crippen molar-refractivity contribution in [2.24, 2.45) is 11.8 Å². The van der Waals surface area contributed by atoms with Crippen LogP contribution < -0.4 is 0 Å². The molecule has 3 rings (SSSR count). The summed E-state index contributed by atoms with van der Waals surface area (Å²) in [5.74, 6) is 1.94. The van der Waals surface area contributed by atoms with Gasteiger partial charge in [-0.15, -0.1) is 0 Å². The highest BCUT2D eigenvalue weighted by atomic mass is 14.7. The van der Waals surface area contributed by atoms with Gasteiger partial charge in [0.15, 0.2) is 0 Å². The minimum atomic E-state index is 0.937. The number of unbranched alkanes of at least 4 members (excludes halogenated alkanes) is 4. The smallest absolute Gasteiger partial charge is 0.0702 e. The summed E-state index contributed by atoms with van der Waals surface area (Å²) in [7, 11) is 0. The van der Waals surface area contributed by atoms with Gasteiger partial charge in [-0.1, -0.05) is 102 Å². The van der Waals surface area contributed by atoms with Crippen molar-refractivity contribution in [2.75, 3.05) is 0 Å². The largest absolute Gasteiger partial charge is 0.256 e. The second-order valence-corrected chi connectivity index (χ2v) is 9.25. The number of hydrogen-bond acceptors (Lipinski definition) is 1. The highest BCUT2D eigenvalue weighted by Gasteiger charge is 2.19. The third-order valence-corrected chi connectivity index (χ3v) is 7.03. The fourth-order valence-corrected chi connectivity index (χ4v) is 4.82. The lowest BCUT2D eigenvalue weighted by Gasteiger charge is -2.27. The van der Waals surface area contributed by atoms with Gasteiger partial charge in [-0.05, 0) is 54.7 Å². The van der Waals surface area contributed by atoms with Crippen LogP contribution in [0.4, 0.5) is 0 Å². The third kappa shape index (κ3) is 7.28. The Kier molecular flexibility index (Phi) is 9.25. The summed E-state index contributed by atoms with van der Waals surface area (Å²) >= 11 is 0. The summed E-state index contributed by atoms with van der Waals surface area (Å²) in [6, 6.07) is 13.6. The van der Waals surface area contributed by atoms with Gasteiger partial charge in [-0.2, -0.15) is 0 Å². The molecule has 1 heteroatoms. The van der Waals surface area contributed by atoms with Gasteiger partial charge in [0, 0.05) is 11.8 Å². The number of rotatable bonds is 11. The molecule has 0 atom stereocenters. The van der Waals surface area contributed by atoms with Crippen molar-refractivity contribution in [1.29, 1.82) is 0 Å². The normalized spacial score (nSPS) is 19.4. The van der Waals surface area contributed by atoms with Crippen LogP contribution in [0.1, 0.15) is 95.6 Å². The van der Waals surface area contributed by atoms with Crippen LogP contribution in [-0.2, 0) is 12.8 Å². The first kappa shape index (κ1) is 22.1. The zero-order chi connectivity index (χ0) is 20.3. The van der Waals surface area contributed by atoms with E-state index in [-0.39, 0.29) is 0 Å². The Morgan fingerprint density at radius 2 is 1.41 bits per heavy atom. The molecule has 1 saturated carbocycles. The topological polar surface area (TPSA) is 12.9 Å². The molecule has 1 fully saturated rings. The Balaban J connectivity index is 1.43. The van der Waals surface area contributed by atoms with Crippen molar-refractivity contribution in [1.82, 2.24) is 4.98 Å². The van der Waals surface area contributed by atoms with Crippen LogP contribution >= 0.6 is 0 Å². The summed E-state index contributed by atoms with van der Waals surface area (Å²) in [5, 5.41) is 0. The maximum absolute atomic E-state index is 4.76. The third-order valence-electron chi connectivity index (χ3n) is 7.03. The van der Waals surface area contributed by atoms with Crippen molar-refractivity contribution in [2.45, 2.75) is 97.3 Å². The first-order valence-corrected chi connectivity index (χ1v) is 12.3. The van der Waals surface area contributed by atoms with Crippen LogP contribution in [0.2, 0.25) is 0 Å². The minimum Gasteiger partial charge on any atom is -0.256 e. The van der Waals surface area contributed by atoms with E-state index in [4.69, 9.17) is 4.98 Å². The SMILES string of the molecule is CCCCCCCc1ccc(-c2ccc(CCC3CCC(CC)CC3)cn2)cc1. The van der Waals surface area contributed by atoms with E-state index in [0.29, 0.717) is 0 Å². The van der Waals surface area contributed by atoms with E-state index >= 15 is 0 Å². The number of aryl methyl sites for hydroxylation is 2. The predicted octanol–water partition coefficient (Wildman–Crippen LogP) is 8.41. The molecule has 29 heavy (non-hydrogen) atoms. The monoisotopic (exact) mass is 391 g/mol. The molecule has 1 aromatic carbocycles. The molecule has 2 aromatic rings. The maximum atomic E-state index is 4.76. The van der Waals surface area contributed by atoms with Crippen LogP contribution in [0.5, 0.6) is 0 Å². The Bertz CT molecular complexity index is 677. The molecule has 158 valence electrons. The molecular formula is C28H41N. The summed E-state index contributed by atoms with van der Waals surface area (Å²) in [5.41, 5.74) is 5.20. The molecule has 1 aliphatic carbocycles. The molecule has 1 aromatic heterocycles. The Hall–Kier alpha value is -1.63. The Morgan fingerprint density at radius 1 is 0.724 bits per heavy atom. The van der Waals surface area contributed by atoms with E-state index in [1.807, 2.05) is 0 Å². The van der Waals surface area contributed by atoms with Gasteiger partial charge in [0.1, 0.15) is 0 Å². The first-order valence-electron chi connectivity index (χ1n) is 12.3. The van der Waals surface area contributed by atoms with Crippen LogP contribution in [-0.4, -0.2) is 4.98 Å². The van der Waals surface area contributed by atoms with Crippen LogP contribution in [0.25, 0.3) is 11.3 Å². The van der Waals surface area contributed by atoms with Crippen molar-refractivity contribution >= 4 is 0 Å². The number of nitrogens with zero attached hydrogens (tertiary/aromatic N) is 1. The first-order chi connectivity index (χ1) is 14.3. The lowest BCUT2D eigenvalue weighted by atomic mass is 9.79. The highest BCUT2D eigenvalue weighted by molar-refractivity contribution is 5.59. The second kappa shape index (κ2) is 12.2. The van der Waals surface area contributed by atoms with Crippen molar-refractivity contribution in [3.63, 3.8) is 0 Å². The van der Waals surface area contributed by atoms with Gasteiger partial charge in [0.25, 0.3) is 0 Å². The van der Waals surface area contributed by atoms with Gasteiger partial charge in [-0.3, -0.25) is 4.98 Å². The van der Waals surface area contributed by atoms with Crippen LogP contribution in [0.3, 0.4) is 0 Å². The van der Waals surface area contributed by atoms with Crippen LogP contribution in [0.15, 0.2) is 42.6 Å². The number of benzene rings is 1. The zero-order valence-corrected chi connectivity index (χ0v) is 18.8. The van der Waals surface area contributed by atoms with E-state index in [1.54, 1.807) is 0 Å². The summed E-state index contributed by atoms with van der Waals surface area (Å²) in [4.78, 5) is 4.76. The molecule has 0 amide bonds. The maximum Gasteiger partial charge on any atom is 0.0702 e. The molecule has 1 aliphatic rings. The summed E-state index contributed by atoms with van der Waals surface area (Å²) < 4.78 is 0. The summed E-state index contributed by atoms with van der Waals surface area (Å²) in [6.45, 7) is 4.62. The van der Waals surface area contributed by atoms with E-state index in [9.17, 15) is 0 Å². The van der Waals surface area contributed by atoms with E-state index < -0.39 is 0 Å². The van der Waals surface area contributed by atoms with Gasteiger partial charge in [0.2, 0.25) is 0 Å². The zero-order valence-electron chi connectivity index (χ0n) is 18.8. The van der Waals surface area contributed by atoms with E-state index in [0.717, 1.165) is 17.5 Å². The van der Waals surface area contributed by atoms with E-state index in [2.05, 4.69) is 56.4 Å². The minimum absolute atomic E-state index is 0.937. The molecular weight excluding hydrogens is 350 g/mol. The van der Waals surface area contributed by atoms with Gasteiger partial charge < -0.3 is 0 Å². The van der Waals surface area contributed by atoms with Gasteiger partial charge in [0.05, 0.1) is 5.69 Å². The van der Waals surface area contributed by atoms with Crippen molar-refractivity contribution in [3.8, 4) is 11.3 Å². The molecule has 0 bridgehead atoms. The van der Waals surface area contributed by atoms with E-state index in [1.165, 1.54) is 100 Å². The average molecular weight is 392 g/mol. The number of pyridine rings is 1. The van der Waals surface area contributed by atoms with Crippen LogP contribution in [0, 0.1) is 11.8 Å². The lowest BCUT2D eigenvalue weighted by molar-refractivity contribution is 0.259. The standard InChI is InChI=1S/C28H41N/c1-3-5-6-7-8-9-24-16-19-27(20-17-24)28-21-18-26(22-29-28)15-14-25-12-10-23(4-2)11-13-25/h16-23,25H,3-15H2,1-2H3. The van der Waals surface area contributed by atoms with Gasteiger partial charge in [-0.25, -0.2) is 0 Å². The molecule has 0 saturated heterocycles. The molecule has 0 radical (unpaired) electrons. The fraction of sp³-hybridized carbons (Fsp3) is 0.607. The Labute approximate surface area is 179 Å². The molecule has 0 aliphatic heterocycles. The quantitative estimate of drug-likeness (QED) is 0.350. The summed E-state index contributed by atoms with van der Waals surface area (Å²) in [6.07, 6.45) is 19.7. The number of hydrogen-bond donors (Lipinski definition) is 0. The molecule has 0 spiro atoms. The highest BCUT2D eigenvalue weighted by Crippen LogP contribution is 2.33.